The summed E-state index contributed by atoms with van der Waals surface area (Å²) in [6.45, 7) is 5.73. The number of nitrogens with zero attached hydrogens (tertiary/aromatic N) is 2. The first-order chi connectivity index (χ1) is 13.0. The Labute approximate surface area is 158 Å². The van der Waals surface area contributed by atoms with Gasteiger partial charge in [0.25, 0.3) is 5.89 Å². The van der Waals surface area contributed by atoms with E-state index in [0.29, 0.717) is 17.6 Å². The lowest BCUT2D eigenvalue weighted by Gasteiger charge is -2.11. The first-order valence-electron chi connectivity index (χ1n) is 8.84. The molecular formula is C21H22N2O4. The number of ether oxygens (including phenoxy) is 2. The molecule has 0 saturated carbocycles. The third kappa shape index (κ3) is 4.94. The summed E-state index contributed by atoms with van der Waals surface area (Å²) >= 11 is 0. The second-order valence-corrected chi connectivity index (χ2v) is 6.46. The summed E-state index contributed by atoms with van der Waals surface area (Å²) in [6.07, 6.45) is -0.658. The van der Waals surface area contributed by atoms with Crippen molar-refractivity contribution in [1.82, 2.24) is 10.2 Å². The molecule has 0 aliphatic rings. The Kier molecular flexibility index (Phi) is 5.86. The van der Waals surface area contributed by atoms with E-state index in [1.807, 2.05) is 54.6 Å². The van der Waals surface area contributed by atoms with Gasteiger partial charge < -0.3 is 13.9 Å². The molecule has 1 atom stereocenters. The van der Waals surface area contributed by atoms with E-state index >= 15 is 0 Å². The molecule has 0 unspecified atom stereocenters. The zero-order valence-electron chi connectivity index (χ0n) is 15.6. The summed E-state index contributed by atoms with van der Waals surface area (Å²) in [5, 5.41) is 7.95. The lowest BCUT2D eigenvalue weighted by molar-refractivity contribution is -0.152. The lowest BCUT2D eigenvalue weighted by atomic mass is 10.0. The van der Waals surface area contributed by atoms with E-state index in [4.69, 9.17) is 13.9 Å². The second kappa shape index (κ2) is 8.49. The van der Waals surface area contributed by atoms with Crippen LogP contribution in [0.4, 0.5) is 0 Å². The minimum absolute atomic E-state index is 0.189. The average Bonchev–Trinajstić information content (AvgIpc) is 3.18. The van der Waals surface area contributed by atoms with E-state index in [1.165, 1.54) is 5.56 Å². The predicted molar refractivity (Wildman–Crippen MR) is 100 cm³/mol. The standard InChI is InChI=1S/C21H22N2O4/c1-14(2)16-9-11-18(12-10-16)25-13-19(24)26-15(3)20-22-23-21(27-20)17-7-5-4-6-8-17/h4-12,14-15H,13H2,1-3H3/t15-/m0/s1. The van der Waals surface area contributed by atoms with Crippen LogP contribution < -0.4 is 4.74 Å². The van der Waals surface area contributed by atoms with Crippen LogP contribution in [0.5, 0.6) is 5.75 Å². The quantitative estimate of drug-likeness (QED) is 0.571. The van der Waals surface area contributed by atoms with Gasteiger partial charge in [0.2, 0.25) is 5.89 Å². The summed E-state index contributed by atoms with van der Waals surface area (Å²) in [4.78, 5) is 12.0. The molecule has 0 saturated heterocycles. The highest BCUT2D eigenvalue weighted by Gasteiger charge is 2.19. The molecule has 3 rings (SSSR count). The maximum Gasteiger partial charge on any atom is 0.344 e. The number of carbonyl (C=O) groups is 1. The van der Waals surface area contributed by atoms with Crippen LogP contribution in [-0.2, 0) is 9.53 Å². The van der Waals surface area contributed by atoms with E-state index in [9.17, 15) is 4.79 Å². The third-order valence-electron chi connectivity index (χ3n) is 4.02. The first-order valence-corrected chi connectivity index (χ1v) is 8.84. The Hall–Kier alpha value is -3.15. The molecule has 0 bridgehead atoms. The first kappa shape index (κ1) is 18.6. The van der Waals surface area contributed by atoms with Crippen molar-refractivity contribution in [2.75, 3.05) is 6.61 Å². The molecule has 0 aliphatic heterocycles. The van der Waals surface area contributed by atoms with Crippen molar-refractivity contribution in [3.05, 3.63) is 66.1 Å². The fourth-order valence-corrected chi connectivity index (χ4v) is 2.47. The van der Waals surface area contributed by atoms with Crippen LogP contribution in [0.25, 0.3) is 11.5 Å². The fraction of sp³-hybridized carbons (Fsp3) is 0.286. The van der Waals surface area contributed by atoms with Gasteiger partial charge in [0.1, 0.15) is 5.75 Å². The zero-order chi connectivity index (χ0) is 19.2. The number of esters is 1. The molecule has 0 fully saturated rings. The lowest BCUT2D eigenvalue weighted by Crippen LogP contribution is -2.17. The van der Waals surface area contributed by atoms with Crippen LogP contribution in [-0.4, -0.2) is 22.8 Å². The summed E-state index contributed by atoms with van der Waals surface area (Å²) < 4.78 is 16.4. The molecule has 27 heavy (non-hydrogen) atoms. The largest absolute Gasteiger partial charge is 0.482 e. The third-order valence-corrected chi connectivity index (χ3v) is 4.02. The monoisotopic (exact) mass is 366 g/mol. The Balaban J connectivity index is 1.52. The van der Waals surface area contributed by atoms with Crippen LogP contribution >= 0.6 is 0 Å². The van der Waals surface area contributed by atoms with Crippen molar-refractivity contribution in [1.29, 1.82) is 0 Å². The topological polar surface area (TPSA) is 74.5 Å². The minimum Gasteiger partial charge on any atom is -0.482 e. The van der Waals surface area contributed by atoms with E-state index in [1.54, 1.807) is 6.92 Å². The summed E-state index contributed by atoms with van der Waals surface area (Å²) in [5.74, 6) is 1.18. The van der Waals surface area contributed by atoms with Gasteiger partial charge in [0, 0.05) is 5.56 Å². The van der Waals surface area contributed by atoms with Crippen molar-refractivity contribution in [3.63, 3.8) is 0 Å². The maximum absolute atomic E-state index is 12.0. The Morgan fingerprint density at radius 2 is 1.70 bits per heavy atom. The highest BCUT2D eigenvalue weighted by atomic mass is 16.6. The van der Waals surface area contributed by atoms with Gasteiger partial charge in [-0.2, -0.15) is 0 Å². The molecule has 2 aromatic carbocycles. The predicted octanol–water partition coefficient (Wildman–Crippen LogP) is 4.54. The minimum atomic E-state index is -0.658. The summed E-state index contributed by atoms with van der Waals surface area (Å²) in [7, 11) is 0. The molecule has 0 aliphatic carbocycles. The van der Waals surface area contributed by atoms with Gasteiger partial charge in [-0.3, -0.25) is 0 Å². The van der Waals surface area contributed by atoms with Crippen molar-refractivity contribution in [2.45, 2.75) is 32.8 Å². The highest BCUT2D eigenvalue weighted by molar-refractivity contribution is 5.71. The zero-order valence-corrected chi connectivity index (χ0v) is 15.6. The Bertz CT molecular complexity index is 873. The molecule has 0 radical (unpaired) electrons. The number of rotatable bonds is 7. The molecule has 140 valence electrons. The van der Waals surface area contributed by atoms with Gasteiger partial charge in [0.05, 0.1) is 0 Å². The van der Waals surface area contributed by atoms with Gasteiger partial charge in [-0.1, -0.05) is 44.2 Å². The number of hydrogen-bond donors (Lipinski definition) is 0. The van der Waals surface area contributed by atoms with Crippen molar-refractivity contribution in [2.24, 2.45) is 0 Å². The van der Waals surface area contributed by atoms with E-state index in [-0.39, 0.29) is 12.5 Å². The number of benzene rings is 2. The smallest absolute Gasteiger partial charge is 0.344 e. The van der Waals surface area contributed by atoms with Crippen LogP contribution in [0.3, 0.4) is 0 Å². The Morgan fingerprint density at radius 3 is 2.37 bits per heavy atom. The summed E-state index contributed by atoms with van der Waals surface area (Å²) in [5.41, 5.74) is 2.02. The number of aromatic nitrogens is 2. The van der Waals surface area contributed by atoms with E-state index in [0.717, 1.165) is 5.56 Å². The molecule has 0 amide bonds. The molecule has 0 N–H and O–H groups in total. The molecule has 0 spiro atoms. The van der Waals surface area contributed by atoms with Crippen LogP contribution in [0.1, 0.15) is 44.2 Å². The number of hydrogen-bond acceptors (Lipinski definition) is 6. The molecule has 1 heterocycles. The Morgan fingerprint density at radius 1 is 1.00 bits per heavy atom. The van der Waals surface area contributed by atoms with Gasteiger partial charge in [0.15, 0.2) is 12.7 Å². The van der Waals surface area contributed by atoms with Crippen molar-refractivity contribution >= 4 is 5.97 Å². The van der Waals surface area contributed by atoms with Gasteiger partial charge in [-0.15, -0.1) is 10.2 Å². The molecule has 6 nitrogen and oxygen atoms in total. The molecule has 3 aromatic rings. The van der Waals surface area contributed by atoms with Crippen LogP contribution in [0, 0.1) is 0 Å². The SMILES string of the molecule is CC(C)c1ccc(OCC(=O)O[C@@H](C)c2nnc(-c3ccccc3)o2)cc1. The van der Waals surface area contributed by atoms with Gasteiger partial charge in [-0.25, -0.2) is 4.79 Å². The molecular weight excluding hydrogens is 344 g/mol. The molecule has 1 aromatic heterocycles. The highest BCUT2D eigenvalue weighted by Crippen LogP contribution is 2.22. The maximum atomic E-state index is 12.0. The fourth-order valence-electron chi connectivity index (χ4n) is 2.47. The summed E-state index contributed by atoms with van der Waals surface area (Å²) in [6, 6.07) is 17.1. The normalized spacial score (nSPS) is 12.0. The van der Waals surface area contributed by atoms with E-state index in [2.05, 4.69) is 24.0 Å². The molecule has 6 heteroatoms. The van der Waals surface area contributed by atoms with Crippen molar-refractivity contribution < 1.29 is 18.7 Å². The van der Waals surface area contributed by atoms with E-state index < -0.39 is 12.1 Å². The van der Waals surface area contributed by atoms with Gasteiger partial charge in [-0.05, 0) is 42.7 Å². The van der Waals surface area contributed by atoms with Crippen LogP contribution in [0.2, 0.25) is 0 Å². The van der Waals surface area contributed by atoms with Crippen molar-refractivity contribution in [3.8, 4) is 17.2 Å². The van der Waals surface area contributed by atoms with Gasteiger partial charge >= 0.3 is 5.97 Å². The number of carbonyl (C=O) groups excluding carboxylic acids is 1. The average molecular weight is 366 g/mol. The second-order valence-electron chi connectivity index (χ2n) is 6.46. The van der Waals surface area contributed by atoms with Crippen LogP contribution in [0.15, 0.2) is 59.0 Å².